The zero-order valence-electron chi connectivity index (χ0n) is 13.7. The van der Waals surface area contributed by atoms with Crippen molar-refractivity contribution in [3.63, 3.8) is 0 Å². The van der Waals surface area contributed by atoms with Crippen LogP contribution in [0.5, 0.6) is 5.75 Å². The van der Waals surface area contributed by atoms with Crippen molar-refractivity contribution in [2.24, 2.45) is 0 Å². The number of benzene rings is 2. The van der Waals surface area contributed by atoms with Crippen LogP contribution >= 0.6 is 0 Å². The van der Waals surface area contributed by atoms with Crippen molar-refractivity contribution in [3.05, 3.63) is 66.0 Å². The Balaban J connectivity index is 1.82. The van der Waals surface area contributed by atoms with Gasteiger partial charge in [-0.05, 0) is 36.8 Å². The molecule has 0 aliphatic carbocycles. The lowest BCUT2D eigenvalue weighted by Crippen LogP contribution is -2.00. The van der Waals surface area contributed by atoms with E-state index in [-0.39, 0.29) is 0 Å². The molecule has 0 saturated carbocycles. The number of anilines is 4. The molecule has 0 fully saturated rings. The number of nitrogens with zero attached hydrogens (tertiary/aromatic N) is 2. The van der Waals surface area contributed by atoms with Gasteiger partial charge in [0.2, 0.25) is 0 Å². The van der Waals surface area contributed by atoms with Crippen molar-refractivity contribution in [2.75, 3.05) is 17.7 Å². The van der Waals surface area contributed by atoms with E-state index in [1.54, 1.807) is 13.2 Å². The van der Waals surface area contributed by atoms with Gasteiger partial charge in [-0.1, -0.05) is 6.07 Å². The number of nitrogens with one attached hydrogen (secondary N) is 2. The Morgan fingerprint density at radius 1 is 0.880 bits per heavy atom. The highest BCUT2D eigenvalue weighted by Crippen LogP contribution is 2.28. The summed E-state index contributed by atoms with van der Waals surface area (Å²) >= 11 is 0. The molecule has 128 valence electrons. The van der Waals surface area contributed by atoms with Gasteiger partial charge in [-0.3, -0.25) is 0 Å². The molecule has 25 heavy (non-hydrogen) atoms. The number of ether oxygens (including phenoxy) is 1. The summed E-state index contributed by atoms with van der Waals surface area (Å²) in [7, 11) is 1.59. The molecule has 0 aliphatic rings. The van der Waals surface area contributed by atoms with E-state index in [1.807, 2.05) is 25.1 Å². The molecule has 0 aliphatic heterocycles. The second kappa shape index (κ2) is 7.12. The first-order valence-electron chi connectivity index (χ1n) is 7.51. The summed E-state index contributed by atoms with van der Waals surface area (Å²) < 4.78 is 31.6. The second-order valence-corrected chi connectivity index (χ2v) is 5.37. The highest BCUT2D eigenvalue weighted by atomic mass is 19.2. The van der Waals surface area contributed by atoms with Crippen molar-refractivity contribution in [1.82, 2.24) is 9.97 Å². The first-order chi connectivity index (χ1) is 12.0. The zero-order valence-corrected chi connectivity index (χ0v) is 13.7. The van der Waals surface area contributed by atoms with Gasteiger partial charge in [0, 0.05) is 17.8 Å². The van der Waals surface area contributed by atoms with Gasteiger partial charge in [0.1, 0.15) is 23.7 Å². The molecular formula is C18H16F2N4O. The zero-order chi connectivity index (χ0) is 17.8. The fourth-order valence-corrected chi connectivity index (χ4v) is 2.27. The maximum absolute atomic E-state index is 13.3. The molecule has 0 spiro atoms. The molecule has 2 aromatic carbocycles. The van der Waals surface area contributed by atoms with Gasteiger partial charge in [0.15, 0.2) is 11.6 Å². The number of rotatable bonds is 5. The van der Waals surface area contributed by atoms with Gasteiger partial charge in [-0.2, -0.15) is 0 Å². The molecule has 0 amide bonds. The van der Waals surface area contributed by atoms with Crippen LogP contribution in [0, 0.1) is 18.6 Å². The SMILES string of the molecule is COc1ccc(C)cc1Nc1cc(Nc2ccc(F)c(F)c2)ncn1. The minimum absolute atomic E-state index is 0.386. The third-order valence-electron chi connectivity index (χ3n) is 3.48. The summed E-state index contributed by atoms with van der Waals surface area (Å²) in [5, 5.41) is 6.07. The Labute approximate surface area is 143 Å². The molecule has 1 heterocycles. The first kappa shape index (κ1) is 16.6. The van der Waals surface area contributed by atoms with E-state index in [4.69, 9.17) is 4.74 Å². The average Bonchev–Trinajstić information content (AvgIpc) is 2.59. The lowest BCUT2D eigenvalue weighted by molar-refractivity contribution is 0.416. The Kier molecular flexibility index (Phi) is 4.74. The van der Waals surface area contributed by atoms with E-state index >= 15 is 0 Å². The van der Waals surface area contributed by atoms with Crippen LogP contribution in [0.3, 0.4) is 0 Å². The monoisotopic (exact) mass is 342 g/mol. The topological polar surface area (TPSA) is 59.1 Å². The van der Waals surface area contributed by atoms with Gasteiger partial charge in [0.25, 0.3) is 0 Å². The summed E-state index contributed by atoms with van der Waals surface area (Å²) in [5.41, 5.74) is 2.22. The van der Waals surface area contributed by atoms with Crippen molar-refractivity contribution < 1.29 is 13.5 Å². The van der Waals surface area contributed by atoms with Gasteiger partial charge in [-0.25, -0.2) is 18.7 Å². The molecule has 5 nitrogen and oxygen atoms in total. The van der Waals surface area contributed by atoms with Gasteiger partial charge in [-0.15, -0.1) is 0 Å². The average molecular weight is 342 g/mol. The summed E-state index contributed by atoms with van der Waals surface area (Å²) in [5.74, 6) is -0.178. The largest absolute Gasteiger partial charge is 0.495 e. The van der Waals surface area contributed by atoms with Crippen LogP contribution in [0.15, 0.2) is 48.8 Å². The van der Waals surface area contributed by atoms with Crippen LogP contribution in [0.2, 0.25) is 0 Å². The van der Waals surface area contributed by atoms with Crippen LogP contribution in [0.25, 0.3) is 0 Å². The first-order valence-corrected chi connectivity index (χ1v) is 7.51. The maximum Gasteiger partial charge on any atom is 0.160 e. The number of hydrogen-bond acceptors (Lipinski definition) is 5. The Bertz CT molecular complexity index is 902. The fraction of sp³-hybridized carbons (Fsp3) is 0.111. The van der Waals surface area contributed by atoms with E-state index < -0.39 is 11.6 Å². The third kappa shape index (κ3) is 4.00. The molecule has 2 N–H and O–H groups in total. The predicted molar refractivity (Wildman–Crippen MR) is 92.7 cm³/mol. The fourth-order valence-electron chi connectivity index (χ4n) is 2.27. The number of aromatic nitrogens is 2. The summed E-state index contributed by atoms with van der Waals surface area (Å²) in [6.45, 7) is 1.97. The van der Waals surface area contributed by atoms with Gasteiger partial charge < -0.3 is 15.4 Å². The van der Waals surface area contributed by atoms with Crippen LogP contribution in [-0.4, -0.2) is 17.1 Å². The van der Waals surface area contributed by atoms with Crippen molar-refractivity contribution >= 4 is 23.0 Å². The third-order valence-corrected chi connectivity index (χ3v) is 3.48. The smallest absolute Gasteiger partial charge is 0.160 e. The second-order valence-electron chi connectivity index (χ2n) is 5.37. The highest BCUT2D eigenvalue weighted by Gasteiger charge is 2.07. The normalized spacial score (nSPS) is 10.4. The molecule has 3 rings (SSSR count). The summed E-state index contributed by atoms with van der Waals surface area (Å²) in [6, 6.07) is 10.9. The van der Waals surface area contributed by atoms with Gasteiger partial charge >= 0.3 is 0 Å². The van der Waals surface area contributed by atoms with Crippen molar-refractivity contribution in [3.8, 4) is 5.75 Å². The molecule has 0 unspecified atom stereocenters. The molecule has 0 radical (unpaired) electrons. The standard InChI is InChI=1S/C18H16F2N4O/c1-11-3-6-16(25-2)15(7-11)24-18-9-17(21-10-22-18)23-12-4-5-13(19)14(20)8-12/h3-10H,1-2H3,(H2,21,22,23,24). The lowest BCUT2D eigenvalue weighted by atomic mass is 10.2. The van der Waals surface area contributed by atoms with Crippen molar-refractivity contribution in [1.29, 1.82) is 0 Å². The van der Waals surface area contributed by atoms with E-state index in [0.717, 1.165) is 23.4 Å². The quantitative estimate of drug-likeness (QED) is 0.712. The van der Waals surface area contributed by atoms with E-state index in [1.165, 1.54) is 12.4 Å². The Hall–Kier alpha value is -3.22. The number of aryl methyl sites for hydroxylation is 1. The molecule has 7 heteroatoms. The summed E-state index contributed by atoms with van der Waals surface area (Å²) in [6.07, 6.45) is 1.37. The minimum Gasteiger partial charge on any atom is -0.495 e. The lowest BCUT2D eigenvalue weighted by Gasteiger charge is -2.12. The predicted octanol–water partition coefficient (Wildman–Crippen LogP) is 4.56. The number of halogens is 2. The van der Waals surface area contributed by atoms with Crippen molar-refractivity contribution in [2.45, 2.75) is 6.92 Å². The Morgan fingerprint density at radius 2 is 1.64 bits per heavy atom. The van der Waals surface area contributed by atoms with Crippen LogP contribution < -0.4 is 15.4 Å². The van der Waals surface area contributed by atoms with E-state index in [0.29, 0.717) is 23.1 Å². The molecule has 0 bridgehead atoms. The molecule has 1 aromatic heterocycles. The minimum atomic E-state index is -0.929. The van der Waals surface area contributed by atoms with E-state index in [9.17, 15) is 8.78 Å². The highest BCUT2D eigenvalue weighted by molar-refractivity contribution is 5.67. The van der Waals surface area contributed by atoms with Crippen LogP contribution in [0.4, 0.5) is 31.8 Å². The molecule has 0 atom stereocenters. The van der Waals surface area contributed by atoms with Gasteiger partial charge in [0.05, 0.1) is 12.8 Å². The summed E-state index contributed by atoms with van der Waals surface area (Å²) in [4.78, 5) is 8.24. The van der Waals surface area contributed by atoms with E-state index in [2.05, 4.69) is 20.6 Å². The number of methoxy groups -OCH3 is 1. The number of hydrogen-bond donors (Lipinski definition) is 2. The van der Waals surface area contributed by atoms with Crippen LogP contribution in [-0.2, 0) is 0 Å². The maximum atomic E-state index is 13.3. The molecular weight excluding hydrogens is 326 g/mol. The Morgan fingerprint density at radius 3 is 2.36 bits per heavy atom. The molecule has 0 saturated heterocycles. The van der Waals surface area contributed by atoms with Crippen LogP contribution in [0.1, 0.15) is 5.56 Å². The molecule has 3 aromatic rings.